The van der Waals surface area contributed by atoms with Gasteiger partial charge in [-0.1, -0.05) is 6.92 Å². The van der Waals surface area contributed by atoms with Gasteiger partial charge in [-0.15, -0.1) is 11.3 Å². The number of hydrogen-bond acceptors (Lipinski definition) is 5. The Labute approximate surface area is 98.6 Å². The second-order valence-corrected chi connectivity index (χ2v) is 4.64. The summed E-state index contributed by atoms with van der Waals surface area (Å²) in [5.74, 6) is 0.666. The van der Waals surface area contributed by atoms with Gasteiger partial charge in [0.15, 0.2) is 10.9 Å². The predicted octanol–water partition coefficient (Wildman–Crippen LogP) is 2.73. The summed E-state index contributed by atoms with van der Waals surface area (Å²) in [6.45, 7) is 4.17. The van der Waals surface area contributed by atoms with Gasteiger partial charge in [-0.2, -0.15) is 0 Å². The van der Waals surface area contributed by atoms with E-state index >= 15 is 0 Å². The number of rotatable bonds is 3. The highest BCUT2D eigenvalue weighted by molar-refractivity contribution is 7.15. The highest BCUT2D eigenvalue weighted by Gasteiger charge is 2.07. The van der Waals surface area contributed by atoms with Crippen LogP contribution in [0.1, 0.15) is 17.5 Å². The molecule has 2 heterocycles. The Morgan fingerprint density at radius 1 is 1.50 bits per heavy atom. The Balaban J connectivity index is 2.24. The van der Waals surface area contributed by atoms with E-state index in [1.807, 2.05) is 12.1 Å². The zero-order chi connectivity index (χ0) is 11.5. The molecule has 0 spiro atoms. The van der Waals surface area contributed by atoms with Crippen molar-refractivity contribution in [3.63, 3.8) is 0 Å². The Bertz CT molecular complexity index is 492. The van der Waals surface area contributed by atoms with Crippen LogP contribution in [0.15, 0.2) is 18.3 Å². The van der Waals surface area contributed by atoms with E-state index in [1.54, 1.807) is 17.5 Å². The third kappa shape index (κ3) is 2.14. The largest absolute Gasteiger partial charge is 0.396 e. The lowest BCUT2D eigenvalue weighted by Crippen LogP contribution is -1.98. The van der Waals surface area contributed by atoms with E-state index in [1.165, 1.54) is 4.88 Å². The number of anilines is 3. The van der Waals surface area contributed by atoms with Gasteiger partial charge in [-0.3, -0.25) is 0 Å². The molecule has 0 amide bonds. The molecule has 0 saturated carbocycles. The number of hydrogen-bond donors (Lipinski definition) is 2. The maximum atomic E-state index is 5.80. The quantitative estimate of drug-likeness (QED) is 0.857. The molecule has 3 N–H and O–H groups in total. The van der Waals surface area contributed by atoms with Crippen LogP contribution in [0.2, 0.25) is 0 Å². The van der Waals surface area contributed by atoms with Gasteiger partial charge in [0.1, 0.15) is 0 Å². The third-order valence-electron chi connectivity index (χ3n) is 2.29. The Kier molecular flexibility index (Phi) is 3.05. The molecule has 16 heavy (non-hydrogen) atoms. The summed E-state index contributed by atoms with van der Waals surface area (Å²) in [6, 6.07) is 3.63. The highest BCUT2D eigenvalue weighted by atomic mass is 32.1. The minimum Gasteiger partial charge on any atom is -0.396 e. The standard InChI is InChI=1S/C11H14N4S/c1-3-9-7(2)16-11(14-9)15-10-8(12)5-4-6-13-10/h4-6H,3,12H2,1-2H3,(H,13,14,15). The first kappa shape index (κ1) is 10.9. The fourth-order valence-corrected chi connectivity index (χ4v) is 2.33. The van der Waals surface area contributed by atoms with Crippen LogP contribution in [0.4, 0.5) is 16.6 Å². The van der Waals surface area contributed by atoms with Crippen LogP contribution in [0.5, 0.6) is 0 Å². The van der Waals surface area contributed by atoms with Gasteiger partial charge in [0, 0.05) is 11.1 Å². The van der Waals surface area contributed by atoms with Crippen LogP contribution in [0.25, 0.3) is 0 Å². The van der Waals surface area contributed by atoms with Crippen molar-refractivity contribution in [3.8, 4) is 0 Å². The van der Waals surface area contributed by atoms with Gasteiger partial charge in [0.05, 0.1) is 11.4 Å². The topological polar surface area (TPSA) is 63.8 Å². The molecule has 0 aliphatic carbocycles. The van der Waals surface area contributed by atoms with Crippen LogP contribution in [0, 0.1) is 6.92 Å². The molecule has 0 aromatic carbocycles. The molecule has 4 nitrogen and oxygen atoms in total. The van der Waals surface area contributed by atoms with E-state index in [0.29, 0.717) is 11.5 Å². The monoisotopic (exact) mass is 234 g/mol. The second-order valence-electron chi connectivity index (χ2n) is 3.44. The zero-order valence-electron chi connectivity index (χ0n) is 9.32. The van der Waals surface area contributed by atoms with Crippen LogP contribution in [-0.2, 0) is 6.42 Å². The molecule has 0 atom stereocenters. The molecule has 0 radical (unpaired) electrons. The van der Waals surface area contributed by atoms with Crippen LogP contribution in [-0.4, -0.2) is 9.97 Å². The number of nitrogens with two attached hydrogens (primary N) is 1. The van der Waals surface area contributed by atoms with Gasteiger partial charge in [0.25, 0.3) is 0 Å². The predicted molar refractivity (Wildman–Crippen MR) is 68.2 cm³/mol. The summed E-state index contributed by atoms with van der Waals surface area (Å²) in [6.07, 6.45) is 2.65. The van der Waals surface area contributed by atoms with E-state index < -0.39 is 0 Å². The van der Waals surface area contributed by atoms with Gasteiger partial charge >= 0.3 is 0 Å². The van der Waals surface area contributed by atoms with E-state index in [9.17, 15) is 0 Å². The maximum absolute atomic E-state index is 5.80. The molecule has 0 bridgehead atoms. The van der Waals surface area contributed by atoms with Gasteiger partial charge < -0.3 is 11.1 Å². The third-order valence-corrected chi connectivity index (χ3v) is 3.22. The first-order chi connectivity index (χ1) is 7.70. The molecule has 5 heteroatoms. The van der Waals surface area contributed by atoms with Crippen LogP contribution in [0.3, 0.4) is 0 Å². The smallest absolute Gasteiger partial charge is 0.188 e. The lowest BCUT2D eigenvalue weighted by Gasteiger charge is -2.03. The number of aryl methyl sites for hydroxylation is 2. The van der Waals surface area contributed by atoms with Crippen LogP contribution < -0.4 is 11.1 Å². The fraction of sp³-hybridized carbons (Fsp3) is 0.273. The molecular weight excluding hydrogens is 220 g/mol. The highest BCUT2D eigenvalue weighted by Crippen LogP contribution is 2.26. The van der Waals surface area contributed by atoms with E-state index in [4.69, 9.17) is 5.73 Å². The van der Waals surface area contributed by atoms with Gasteiger partial charge in [0.2, 0.25) is 0 Å². The summed E-state index contributed by atoms with van der Waals surface area (Å²) in [4.78, 5) is 9.88. The summed E-state index contributed by atoms with van der Waals surface area (Å²) in [7, 11) is 0. The lowest BCUT2D eigenvalue weighted by atomic mass is 10.3. The average molecular weight is 234 g/mol. The summed E-state index contributed by atoms with van der Waals surface area (Å²) in [5.41, 5.74) is 7.56. The van der Waals surface area contributed by atoms with Gasteiger partial charge in [-0.05, 0) is 25.5 Å². The van der Waals surface area contributed by atoms with Crippen molar-refractivity contribution in [2.45, 2.75) is 20.3 Å². The fourth-order valence-electron chi connectivity index (χ4n) is 1.43. The molecule has 2 rings (SSSR count). The van der Waals surface area contributed by atoms with E-state index in [2.05, 4.69) is 29.1 Å². The summed E-state index contributed by atoms with van der Waals surface area (Å²) >= 11 is 1.62. The van der Waals surface area contributed by atoms with Crippen molar-refractivity contribution in [1.29, 1.82) is 0 Å². The minimum atomic E-state index is 0.633. The average Bonchev–Trinajstić information content (AvgIpc) is 2.62. The van der Waals surface area contributed by atoms with E-state index in [0.717, 1.165) is 17.2 Å². The van der Waals surface area contributed by atoms with Crippen molar-refractivity contribution in [2.24, 2.45) is 0 Å². The number of nitrogen functional groups attached to an aromatic ring is 1. The van der Waals surface area contributed by atoms with Crippen molar-refractivity contribution in [1.82, 2.24) is 9.97 Å². The normalized spacial score (nSPS) is 10.4. The second kappa shape index (κ2) is 4.49. The molecule has 0 unspecified atom stereocenters. The number of thiazole rings is 1. The molecule has 0 fully saturated rings. The number of pyridine rings is 1. The zero-order valence-corrected chi connectivity index (χ0v) is 10.1. The molecule has 0 aliphatic rings. The minimum absolute atomic E-state index is 0.633. The first-order valence-electron chi connectivity index (χ1n) is 5.14. The number of aromatic nitrogens is 2. The molecule has 0 aliphatic heterocycles. The van der Waals surface area contributed by atoms with Crippen molar-refractivity contribution in [3.05, 3.63) is 28.9 Å². The summed E-state index contributed by atoms with van der Waals surface area (Å²) in [5, 5.41) is 3.99. The summed E-state index contributed by atoms with van der Waals surface area (Å²) < 4.78 is 0. The number of nitrogens with zero attached hydrogens (tertiary/aromatic N) is 2. The maximum Gasteiger partial charge on any atom is 0.188 e. The number of nitrogens with one attached hydrogen (secondary N) is 1. The lowest BCUT2D eigenvalue weighted by molar-refractivity contribution is 1.04. The van der Waals surface area contributed by atoms with Gasteiger partial charge in [-0.25, -0.2) is 9.97 Å². The van der Waals surface area contributed by atoms with E-state index in [-0.39, 0.29) is 0 Å². The Morgan fingerprint density at radius 2 is 2.31 bits per heavy atom. The first-order valence-corrected chi connectivity index (χ1v) is 5.96. The molecule has 0 saturated heterocycles. The van der Waals surface area contributed by atoms with Crippen molar-refractivity contribution < 1.29 is 0 Å². The molecule has 2 aromatic rings. The van der Waals surface area contributed by atoms with Crippen molar-refractivity contribution >= 4 is 28.0 Å². The molecular formula is C11H14N4S. The van der Waals surface area contributed by atoms with Crippen LogP contribution >= 0.6 is 11.3 Å². The SMILES string of the molecule is CCc1nc(Nc2ncccc2N)sc1C. The molecule has 2 aromatic heterocycles. The van der Waals surface area contributed by atoms with Crippen molar-refractivity contribution in [2.75, 3.05) is 11.1 Å². The Morgan fingerprint density at radius 3 is 2.94 bits per heavy atom. The molecule has 84 valence electrons. The Hall–Kier alpha value is -1.62.